The molecule has 110 valence electrons. The highest BCUT2D eigenvalue weighted by Gasteiger charge is 2.25. The first-order valence-corrected chi connectivity index (χ1v) is 6.92. The van der Waals surface area contributed by atoms with Crippen molar-refractivity contribution >= 4 is 5.91 Å². The van der Waals surface area contributed by atoms with E-state index in [-0.39, 0.29) is 18.0 Å². The van der Waals surface area contributed by atoms with Gasteiger partial charge in [-0.3, -0.25) is 4.79 Å². The fourth-order valence-corrected chi connectivity index (χ4v) is 2.56. The van der Waals surface area contributed by atoms with Gasteiger partial charge in [-0.15, -0.1) is 0 Å². The van der Waals surface area contributed by atoms with E-state index in [1.54, 1.807) is 32.4 Å². The minimum atomic E-state index is -0.153. The second-order valence-electron chi connectivity index (χ2n) is 5.00. The van der Waals surface area contributed by atoms with Gasteiger partial charge in [0.05, 0.1) is 14.2 Å². The third kappa shape index (κ3) is 3.04. The Morgan fingerprint density at radius 2 is 1.95 bits per heavy atom. The van der Waals surface area contributed by atoms with Crippen LogP contribution in [0, 0.1) is 0 Å². The summed E-state index contributed by atoms with van der Waals surface area (Å²) in [5.74, 6) is 0.899. The first-order valence-electron chi connectivity index (χ1n) is 6.92. The zero-order chi connectivity index (χ0) is 14.5. The van der Waals surface area contributed by atoms with Crippen LogP contribution < -0.4 is 20.1 Å². The van der Waals surface area contributed by atoms with Crippen molar-refractivity contribution in [3.63, 3.8) is 0 Å². The average molecular weight is 278 g/mol. The topological polar surface area (TPSA) is 59.6 Å². The number of carbonyl (C=O) groups excluding carboxylic acids is 1. The molecule has 0 saturated carbocycles. The second kappa shape index (κ2) is 6.61. The standard InChI is InChI=1S/C15H22N2O3/c1-10-11(6-5-9-16-10)17-15(18)14-12(19-2)7-4-8-13(14)20-3/h4,7-8,10-11,16H,5-6,9H2,1-3H3,(H,17,18). The molecule has 20 heavy (non-hydrogen) atoms. The first kappa shape index (κ1) is 14.7. The van der Waals surface area contributed by atoms with E-state index in [0.29, 0.717) is 17.1 Å². The zero-order valence-corrected chi connectivity index (χ0v) is 12.2. The van der Waals surface area contributed by atoms with Crippen LogP contribution in [0.5, 0.6) is 11.5 Å². The summed E-state index contributed by atoms with van der Waals surface area (Å²) < 4.78 is 10.5. The van der Waals surface area contributed by atoms with Crippen LogP contribution in [0.15, 0.2) is 18.2 Å². The van der Waals surface area contributed by atoms with Gasteiger partial charge >= 0.3 is 0 Å². The molecule has 0 aliphatic carbocycles. The SMILES string of the molecule is COc1cccc(OC)c1C(=O)NC1CCCNC1C. The molecule has 2 rings (SSSR count). The van der Waals surface area contributed by atoms with E-state index in [9.17, 15) is 4.79 Å². The van der Waals surface area contributed by atoms with E-state index in [4.69, 9.17) is 9.47 Å². The Balaban J connectivity index is 2.20. The van der Waals surface area contributed by atoms with E-state index >= 15 is 0 Å². The summed E-state index contributed by atoms with van der Waals surface area (Å²) >= 11 is 0. The number of piperidine rings is 1. The molecule has 1 aromatic rings. The molecule has 0 radical (unpaired) electrons. The van der Waals surface area contributed by atoms with Gasteiger partial charge in [0, 0.05) is 12.1 Å². The smallest absolute Gasteiger partial charge is 0.259 e. The van der Waals surface area contributed by atoms with E-state index in [0.717, 1.165) is 19.4 Å². The fraction of sp³-hybridized carbons (Fsp3) is 0.533. The van der Waals surface area contributed by atoms with Crippen molar-refractivity contribution in [2.75, 3.05) is 20.8 Å². The largest absolute Gasteiger partial charge is 0.496 e. The van der Waals surface area contributed by atoms with Crippen LogP contribution in [0.25, 0.3) is 0 Å². The molecular weight excluding hydrogens is 256 g/mol. The summed E-state index contributed by atoms with van der Waals surface area (Å²) in [6.45, 7) is 3.09. The Morgan fingerprint density at radius 3 is 2.50 bits per heavy atom. The molecule has 1 aliphatic rings. The summed E-state index contributed by atoms with van der Waals surface area (Å²) in [6.07, 6.45) is 2.05. The highest BCUT2D eigenvalue weighted by Crippen LogP contribution is 2.28. The van der Waals surface area contributed by atoms with Gasteiger partial charge in [-0.25, -0.2) is 0 Å². The van der Waals surface area contributed by atoms with Crippen molar-refractivity contribution < 1.29 is 14.3 Å². The van der Waals surface area contributed by atoms with Gasteiger partial charge in [-0.1, -0.05) is 6.07 Å². The lowest BCUT2D eigenvalue weighted by molar-refractivity contribution is 0.0913. The molecule has 2 unspecified atom stereocenters. The molecule has 5 heteroatoms. The monoisotopic (exact) mass is 278 g/mol. The van der Waals surface area contributed by atoms with Crippen molar-refractivity contribution in [2.45, 2.75) is 31.8 Å². The summed E-state index contributed by atoms with van der Waals surface area (Å²) in [5, 5.41) is 6.44. The highest BCUT2D eigenvalue weighted by atomic mass is 16.5. The lowest BCUT2D eigenvalue weighted by Crippen LogP contribution is -2.52. The minimum Gasteiger partial charge on any atom is -0.496 e. The van der Waals surface area contributed by atoms with Crippen LogP contribution in [0.3, 0.4) is 0 Å². The molecule has 0 spiro atoms. The summed E-state index contributed by atoms with van der Waals surface area (Å²) in [5.41, 5.74) is 0.454. The maximum absolute atomic E-state index is 12.5. The Labute approximate surface area is 119 Å². The number of amides is 1. The molecule has 1 heterocycles. The van der Waals surface area contributed by atoms with Gasteiger partial charge in [0.2, 0.25) is 0 Å². The maximum Gasteiger partial charge on any atom is 0.259 e. The Kier molecular flexibility index (Phi) is 4.84. The molecule has 0 bridgehead atoms. The number of carbonyl (C=O) groups is 1. The molecule has 5 nitrogen and oxygen atoms in total. The normalized spacial score (nSPS) is 22.1. The van der Waals surface area contributed by atoms with Gasteiger partial charge in [-0.2, -0.15) is 0 Å². The van der Waals surface area contributed by atoms with Gasteiger partial charge in [0.1, 0.15) is 17.1 Å². The van der Waals surface area contributed by atoms with Gasteiger partial charge in [-0.05, 0) is 38.4 Å². The molecule has 1 fully saturated rings. The Morgan fingerprint density at radius 1 is 1.30 bits per heavy atom. The number of benzene rings is 1. The zero-order valence-electron chi connectivity index (χ0n) is 12.2. The minimum absolute atomic E-state index is 0.130. The molecular formula is C15H22N2O3. The van der Waals surface area contributed by atoms with E-state index in [1.807, 2.05) is 0 Å². The highest BCUT2D eigenvalue weighted by molar-refractivity contribution is 5.99. The first-order chi connectivity index (χ1) is 9.67. The van der Waals surface area contributed by atoms with Crippen molar-refractivity contribution in [3.8, 4) is 11.5 Å². The van der Waals surface area contributed by atoms with E-state index < -0.39 is 0 Å². The molecule has 1 amide bonds. The third-order valence-corrected chi connectivity index (χ3v) is 3.73. The van der Waals surface area contributed by atoms with Crippen LogP contribution in [-0.2, 0) is 0 Å². The predicted octanol–water partition coefficient (Wildman–Crippen LogP) is 1.57. The van der Waals surface area contributed by atoms with Crippen molar-refractivity contribution in [1.29, 1.82) is 0 Å². The Bertz CT molecular complexity index is 454. The lowest BCUT2D eigenvalue weighted by atomic mass is 9.99. The van der Waals surface area contributed by atoms with E-state index in [1.165, 1.54) is 0 Å². The van der Waals surface area contributed by atoms with E-state index in [2.05, 4.69) is 17.6 Å². The molecule has 2 atom stereocenters. The number of nitrogens with one attached hydrogen (secondary N) is 2. The van der Waals surface area contributed by atoms with Gasteiger partial charge in [0.15, 0.2) is 0 Å². The average Bonchev–Trinajstić information content (AvgIpc) is 2.48. The van der Waals surface area contributed by atoms with Crippen LogP contribution in [0.4, 0.5) is 0 Å². The number of hydrogen-bond acceptors (Lipinski definition) is 4. The molecule has 0 aromatic heterocycles. The quantitative estimate of drug-likeness (QED) is 0.878. The molecule has 1 saturated heterocycles. The predicted molar refractivity (Wildman–Crippen MR) is 77.5 cm³/mol. The van der Waals surface area contributed by atoms with Gasteiger partial charge < -0.3 is 20.1 Å². The third-order valence-electron chi connectivity index (χ3n) is 3.73. The van der Waals surface area contributed by atoms with Crippen LogP contribution in [0.1, 0.15) is 30.1 Å². The lowest BCUT2D eigenvalue weighted by Gasteiger charge is -2.30. The summed E-state index contributed by atoms with van der Waals surface area (Å²) in [4.78, 5) is 12.5. The Hall–Kier alpha value is -1.75. The van der Waals surface area contributed by atoms with Crippen molar-refractivity contribution in [2.24, 2.45) is 0 Å². The van der Waals surface area contributed by atoms with Crippen LogP contribution >= 0.6 is 0 Å². The number of methoxy groups -OCH3 is 2. The van der Waals surface area contributed by atoms with Gasteiger partial charge in [0.25, 0.3) is 5.91 Å². The van der Waals surface area contributed by atoms with Crippen molar-refractivity contribution in [1.82, 2.24) is 10.6 Å². The molecule has 1 aliphatic heterocycles. The summed E-state index contributed by atoms with van der Waals surface area (Å²) in [7, 11) is 3.10. The number of ether oxygens (including phenoxy) is 2. The second-order valence-corrected chi connectivity index (χ2v) is 5.00. The fourth-order valence-electron chi connectivity index (χ4n) is 2.56. The molecule has 2 N–H and O–H groups in total. The van der Waals surface area contributed by atoms with Crippen LogP contribution in [0.2, 0.25) is 0 Å². The summed E-state index contributed by atoms with van der Waals surface area (Å²) in [6, 6.07) is 5.73. The molecule has 1 aromatic carbocycles. The number of hydrogen-bond donors (Lipinski definition) is 2. The number of rotatable bonds is 4. The van der Waals surface area contributed by atoms with Crippen LogP contribution in [-0.4, -0.2) is 38.8 Å². The van der Waals surface area contributed by atoms with Crippen molar-refractivity contribution in [3.05, 3.63) is 23.8 Å². The maximum atomic E-state index is 12.5.